The van der Waals surface area contributed by atoms with E-state index in [1.807, 2.05) is 31.2 Å². The molecule has 6 nitrogen and oxygen atoms in total. The van der Waals surface area contributed by atoms with Gasteiger partial charge in [0.15, 0.2) is 0 Å². The number of nitrogens with one attached hydrogen (secondary N) is 2. The van der Waals surface area contributed by atoms with E-state index >= 15 is 0 Å². The Bertz CT molecular complexity index is 588. The van der Waals surface area contributed by atoms with Gasteiger partial charge in [-0.2, -0.15) is 0 Å². The first-order valence-electron chi connectivity index (χ1n) is 7.94. The fourth-order valence-corrected chi connectivity index (χ4v) is 2.14. The molecule has 1 atom stereocenters. The van der Waals surface area contributed by atoms with Gasteiger partial charge in [-0.1, -0.05) is 50.6 Å². The number of hydrogen-bond donors (Lipinski definition) is 3. The molecule has 0 saturated heterocycles. The smallest absolute Gasteiger partial charge is 0.326 e. The molecule has 0 aliphatic carbocycles. The van der Waals surface area contributed by atoms with E-state index in [4.69, 9.17) is 5.11 Å². The Kier molecular flexibility index (Phi) is 6.95. The summed E-state index contributed by atoms with van der Waals surface area (Å²) in [6.45, 7) is 6.95. The maximum absolute atomic E-state index is 11.8. The highest BCUT2D eigenvalue weighted by Gasteiger charge is 2.32. The van der Waals surface area contributed by atoms with Gasteiger partial charge in [-0.3, -0.25) is 9.59 Å². The lowest BCUT2D eigenvalue weighted by atomic mass is 9.87. The van der Waals surface area contributed by atoms with E-state index in [1.54, 1.807) is 20.8 Å². The zero-order valence-electron chi connectivity index (χ0n) is 14.7. The van der Waals surface area contributed by atoms with E-state index in [2.05, 4.69) is 10.6 Å². The van der Waals surface area contributed by atoms with Gasteiger partial charge in [-0.25, -0.2) is 4.79 Å². The van der Waals surface area contributed by atoms with Crippen molar-refractivity contribution in [1.82, 2.24) is 10.6 Å². The van der Waals surface area contributed by atoms with E-state index in [0.29, 0.717) is 6.42 Å². The molecule has 0 bridgehead atoms. The summed E-state index contributed by atoms with van der Waals surface area (Å²) >= 11 is 0. The van der Waals surface area contributed by atoms with Crippen LogP contribution >= 0.6 is 0 Å². The van der Waals surface area contributed by atoms with E-state index in [1.165, 1.54) is 0 Å². The van der Waals surface area contributed by atoms with Crippen molar-refractivity contribution >= 4 is 17.8 Å². The monoisotopic (exact) mass is 334 g/mol. The van der Waals surface area contributed by atoms with Crippen LogP contribution in [0.3, 0.4) is 0 Å². The summed E-state index contributed by atoms with van der Waals surface area (Å²) in [5, 5.41) is 14.1. The van der Waals surface area contributed by atoms with Crippen LogP contribution in [0.15, 0.2) is 24.3 Å². The minimum atomic E-state index is -1.10. The topological polar surface area (TPSA) is 95.5 Å². The lowest BCUT2D eigenvalue weighted by Gasteiger charge is -2.27. The number of amides is 2. The van der Waals surface area contributed by atoms with Gasteiger partial charge in [0.05, 0.1) is 6.54 Å². The third-order valence-electron chi connectivity index (χ3n) is 3.63. The highest BCUT2D eigenvalue weighted by molar-refractivity contribution is 5.88. The molecule has 6 heteroatoms. The van der Waals surface area contributed by atoms with Crippen molar-refractivity contribution in [2.24, 2.45) is 5.41 Å². The first-order valence-corrected chi connectivity index (χ1v) is 7.94. The van der Waals surface area contributed by atoms with E-state index < -0.39 is 23.3 Å². The molecule has 132 valence electrons. The average molecular weight is 334 g/mol. The van der Waals surface area contributed by atoms with Gasteiger partial charge in [0.1, 0.15) is 6.04 Å². The highest BCUT2D eigenvalue weighted by Crippen LogP contribution is 2.19. The summed E-state index contributed by atoms with van der Waals surface area (Å²) in [7, 11) is 0. The molecule has 3 N–H and O–H groups in total. The second-order valence-corrected chi connectivity index (χ2v) is 6.97. The van der Waals surface area contributed by atoms with Crippen molar-refractivity contribution in [1.29, 1.82) is 0 Å². The van der Waals surface area contributed by atoms with Crippen LogP contribution in [0.5, 0.6) is 0 Å². The minimum Gasteiger partial charge on any atom is -0.480 e. The summed E-state index contributed by atoms with van der Waals surface area (Å²) in [5.41, 5.74) is 1.60. The van der Waals surface area contributed by atoms with Crippen LogP contribution in [0.25, 0.3) is 0 Å². The molecule has 0 fully saturated rings. The molecule has 1 aromatic carbocycles. The molecule has 0 spiro atoms. The van der Waals surface area contributed by atoms with Crippen molar-refractivity contribution in [3.63, 3.8) is 0 Å². The standard InChI is InChI=1S/C18H26N2O4/c1-12-5-7-13(8-6-12)9-10-14(21)19-11-15(22)20-16(17(23)24)18(2,3)4/h5-8,16H,9-11H2,1-4H3,(H,19,21)(H,20,22)(H,23,24)/t16-/m0/s1. The predicted molar refractivity (Wildman–Crippen MR) is 91.5 cm³/mol. The Morgan fingerprint density at radius 3 is 2.17 bits per heavy atom. The Balaban J connectivity index is 2.39. The third kappa shape index (κ3) is 6.81. The molecule has 1 aromatic rings. The maximum Gasteiger partial charge on any atom is 0.326 e. The highest BCUT2D eigenvalue weighted by atomic mass is 16.4. The summed E-state index contributed by atoms with van der Waals surface area (Å²) < 4.78 is 0. The first-order chi connectivity index (χ1) is 11.1. The molecule has 24 heavy (non-hydrogen) atoms. The van der Waals surface area contributed by atoms with Crippen molar-refractivity contribution < 1.29 is 19.5 Å². The quantitative estimate of drug-likeness (QED) is 0.706. The molecule has 0 aliphatic rings. The van der Waals surface area contributed by atoms with Crippen LogP contribution in [0, 0.1) is 12.3 Å². The molecule has 0 heterocycles. The van der Waals surface area contributed by atoms with E-state index in [9.17, 15) is 14.4 Å². The van der Waals surface area contributed by atoms with Crippen molar-refractivity contribution in [2.45, 2.75) is 46.6 Å². The van der Waals surface area contributed by atoms with Gasteiger partial charge in [0, 0.05) is 6.42 Å². The van der Waals surface area contributed by atoms with Gasteiger partial charge in [0.2, 0.25) is 11.8 Å². The van der Waals surface area contributed by atoms with E-state index in [0.717, 1.165) is 11.1 Å². The summed E-state index contributed by atoms with van der Waals surface area (Å²) in [6, 6.07) is 6.90. The summed E-state index contributed by atoms with van der Waals surface area (Å²) in [5.74, 6) is -1.85. The Hall–Kier alpha value is -2.37. The van der Waals surface area contributed by atoms with Crippen molar-refractivity contribution in [3.8, 4) is 0 Å². The van der Waals surface area contributed by atoms with Crippen LogP contribution in [-0.2, 0) is 20.8 Å². The second kappa shape index (κ2) is 8.47. The SMILES string of the molecule is Cc1ccc(CCC(=O)NCC(=O)N[C@@H](C(=O)O)C(C)(C)C)cc1. The van der Waals surface area contributed by atoms with Crippen LogP contribution < -0.4 is 10.6 Å². The Labute approximate surface area is 142 Å². The zero-order chi connectivity index (χ0) is 18.3. The van der Waals surface area contributed by atoms with Crippen molar-refractivity contribution in [2.75, 3.05) is 6.54 Å². The fourth-order valence-electron chi connectivity index (χ4n) is 2.14. The Morgan fingerprint density at radius 2 is 1.67 bits per heavy atom. The number of carboxylic acids is 1. The van der Waals surface area contributed by atoms with Crippen LogP contribution in [0.2, 0.25) is 0 Å². The first kappa shape index (κ1) is 19.7. The number of carbonyl (C=O) groups excluding carboxylic acids is 2. The average Bonchev–Trinajstić information content (AvgIpc) is 2.48. The fraction of sp³-hybridized carbons (Fsp3) is 0.500. The summed E-state index contributed by atoms with van der Waals surface area (Å²) in [4.78, 5) is 34.8. The normalized spacial score (nSPS) is 12.3. The number of rotatable bonds is 7. The molecule has 0 radical (unpaired) electrons. The molecule has 1 rings (SSSR count). The van der Waals surface area contributed by atoms with Crippen LogP contribution in [0.4, 0.5) is 0 Å². The zero-order valence-corrected chi connectivity index (χ0v) is 14.7. The molecule has 0 unspecified atom stereocenters. The number of carboxylic acid groups (broad SMARTS) is 1. The number of aryl methyl sites for hydroxylation is 2. The second-order valence-electron chi connectivity index (χ2n) is 6.97. The molecule has 0 aliphatic heterocycles. The third-order valence-corrected chi connectivity index (χ3v) is 3.63. The van der Waals surface area contributed by atoms with Gasteiger partial charge in [-0.15, -0.1) is 0 Å². The van der Waals surface area contributed by atoms with Gasteiger partial charge in [-0.05, 0) is 24.3 Å². The number of benzene rings is 1. The number of carbonyl (C=O) groups is 3. The predicted octanol–water partition coefficient (Wildman–Crippen LogP) is 1.66. The summed E-state index contributed by atoms with van der Waals surface area (Å²) in [6.07, 6.45) is 0.867. The molecule has 2 amide bonds. The van der Waals surface area contributed by atoms with Gasteiger partial charge in [0.25, 0.3) is 0 Å². The lowest BCUT2D eigenvalue weighted by Crippen LogP contribution is -2.51. The van der Waals surface area contributed by atoms with Gasteiger partial charge < -0.3 is 15.7 Å². The molecule has 0 aromatic heterocycles. The molecular formula is C18H26N2O4. The Morgan fingerprint density at radius 1 is 1.08 bits per heavy atom. The number of aliphatic carboxylic acids is 1. The molecular weight excluding hydrogens is 308 g/mol. The van der Waals surface area contributed by atoms with E-state index in [-0.39, 0.29) is 18.9 Å². The van der Waals surface area contributed by atoms with Crippen LogP contribution in [0.1, 0.15) is 38.3 Å². The number of hydrogen-bond acceptors (Lipinski definition) is 3. The largest absolute Gasteiger partial charge is 0.480 e. The lowest BCUT2D eigenvalue weighted by molar-refractivity contribution is -0.144. The van der Waals surface area contributed by atoms with Crippen LogP contribution in [-0.4, -0.2) is 35.5 Å². The minimum absolute atomic E-state index is 0.230. The van der Waals surface area contributed by atoms with Gasteiger partial charge >= 0.3 is 5.97 Å². The maximum atomic E-state index is 11.8. The van der Waals surface area contributed by atoms with Crippen molar-refractivity contribution in [3.05, 3.63) is 35.4 Å². The molecule has 0 saturated carbocycles.